The highest BCUT2D eigenvalue weighted by Crippen LogP contribution is 2.23. The third kappa shape index (κ3) is 3.56. The van der Waals surface area contributed by atoms with Crippen LogP contribution in [0.4, 0.5) is 8.78 Å². The van der Waals surface area contributed by atoms with E-state index in [-0.39, 0.29) is 5.75 Å². The Morgan fingerprint density at radius 2 is 1.91 bits per heavy atom. The fourth-order valence-electron chi connectivity index (χ4n) is 1.73. The average molecular weight is 320 g/mol. The molecule has 0 aliphatic heterocycles. The van der Waals surface area contributed by atoms with Crippen molar-refractivity contribution in [1.29, 1.82) is 0 Å². The van der Waals surface area contributed by atoms with E-state index in [4.69, 9.17) is 4.42 Å². The summed E-state index contributed by atoms with van der Waals surface area (Å²) in [7, 11) is 0. The summed E-state index contributed by atoms with van der Waals surface area (Å²) in [5.74, 6) is 0.955. The number of rotatable bonds is 5. The van der Waals surface area contributed by atoms with Gasteiger partial charge >= 0.3 is 6.61 Å². The van der Waals surface area contributed by atoms with Crippen molar-refractivity contribution in [1.82, 2.24) is 10.2 Å². The zero-order valence-electron chi connectivity index (χ0n) is 11.1. The Morgan fingerprint density at radius 3 is 2.59 bits per heavy atom. The van der Waals surface area contributed by atoms with E-state index < -0.39 is 6.61 Å². The maximum absolute atomic E-state index is 12.0. The predicted octanol–water partition coefficient (Wildman–Crippen LogP) is 4.57. The first-order valence-electron chi connectivity index (χ1n) is 6.31. The standard InChI is InChI=1S/C15H10F2N2O2S/c16-15(17)20-11-6-3-10(4-7-11)5-8-13-18-19-14(21-13)12-2-1-9-22-12/h1-9,15H/b8-5-. The Hall–Kier alpha value is -2.54. The normalized spacial score (nSPS) is 11.4. The number of thiophene rings is 1. The predicted molar refractivity (Wildman–Crippen MR) is 79.6 cm³/mol. The monoisotopic (exact) mass is 320 g/mol. The summed E-state index contributed by atoms with van der Waals surface area (Å²) in [5, 5.41) is 9.81. The molecule has 0 unspecified atom stereocenters. The summed E-state index contributed by atoms with van der Waals surface area (Å²) in [4.78, 5) is 0.903. The lowest BCUT2D eigenvalue weighted by molar-refractivity contribution is -0.0498. The molecular weight excluding hydrogens is 310 g/mol. The summed E-state index contributed by atoms with van der Waals surface area (Å²) in [6, 6.07) is 10.1. The van der Waals surface area contributed by atoms with E-state index >= 15 is 0 Å². The molecule has 0 aliphatic carbocycles. The van der Waals surface area contributed by atoms with Crippen molar-refractivity contribution in [2.75, 3.05) is 0 Å². The second-order valence-corrected chi connectivity index (χ2v) is 5.15. The van der Waals surface area contributed by atoms with Gasteiger partial charge in [0.15, 0.2) is 0 Å². The fourth-order valence-corrected chi connectivity index (χ4v) is 2.37. The third-order valence-electron chi connectivity index (χ3n) is 2.70. The highest BCUT2D eigenvalue weighted by molar-refractivity contribution is 7.13. The van der Waals surface area contributed by atoms with E-state index in [9.17, 15) is 8.78 Å². The minimum atomic E-state index is -2.82. The van der Waals surface area contributed by atoms with Crippen LogP contribution in [0, 0.1) is 0 Å². The zero-order chi connectivity index (χ0) is 15.4. The number of ether oxygens (including phenoxy) is 1. The van der Waals surface area contributed by atoms with Gasteiger partial charge in [-0.05, 0) is 35.2 Å². The number of aromatic nitrogens is 2. The molecule has 0 fully saturated rings. The van der Waals surface area contributed by atoms with Crippen LogP contribution >= 0.6 is 11.3 Å². The van der Waals surface area contributed by atoms with Crippen LogP contribution in [0.2, 0.25) is 0 Å². The molecule has 0 saturated carbocycles. The minimum absolute atomic E-state index is 0.116. The van der Waals surface area contributed by atoms with Gasteiger partial charge in [0.1, 0.15) is 5.75 Å². The minimum Gasteiger partial charge on any atom is -0.435 e. The van der Waals surface area contributed by atoms with Crippen LogP contribution in [0.15, 0.2) is 46.2 Å². The van der Waals surface area contributed by atoms with Crippen molar-refractivity contribution in [3.8, 4) is 16.5 Å². The average Bonchev–Trinajstić information content (AvgIpc) is 3.17. The molecule has 0 saturated heterocycles. The molecule has 112 valence electrons. The Kier molecular flexibility index (Phi) is 4.24. The molecule has 22 heavy (non-hydrogen) atoms. The third-order valence-corrected chi connectivity index (χ3v) is 3.55. The number of nitrogens with zero attached hydrogens (tertiary/aromatic N) is 2. The van der Waals surface area contributed by atoms with Crippen LogP contribution in [0.25, 0.3) is 22.9 Å². The fraction of sp³-hybridized carbons (Fsp3) is 0.0667. The van der Waals surface area contributed by atoms with E-state index in [0.29, 0.717) is 11.8 Å². The van der Waals surface area contributed by atoms with Crippen LogP contribution in [0.3, 0.4) is 0 Å². The van der Waals surface area contributed by atoms with Gasteiger partial charge in [-0.2, -0.15) is 8.78 Å². The lowest BCUT2D eigenvalue weighted by Crippen LogP contribution is -2.01. The summed E-state index contributed by atoms with van der Waals surface area (Å²) in [6.07, 6.45) is 3.41. The van der Waals surface area contributed by atoms with Gasteiger partial charge in [0.2, 0.25) is 5.89 Å². The second-order valence-electron chi connectivity index (χ2n) is 4.20. The van der Waals surface area contributed by atoms with Gasteiger partial charge < -0.3 is 9.15 Å². The molecule has 0 aliphatic rings. The van der Waals surface area contributed by atoms with Crippen molar-refractivity contribution in [3.05, 3.63) is 53.2 Å². The Labute approximate surface area is 128 Å². The second kappa shape index (κ2) is 6.48. The quantitative estimate of drug-likeness (QED) is 0.691. The van der Waals surface area contributed by atoms with Crippen LogP contribution < -0.4 is 4.74 Å². The number of hydrogen-bond acceptors (Lipinski definition) is 5. The van der Waals surface area contributed by atoms with Crippen LogP contribution in [-0.4, -0.2) is 16.8 Å². The van der Waals surface area contributed by atoms with Gasteiger partial charge in [0, 0.05) is 6.08 Å². The topological polar surface area (TPSA) is 48.2 Å². The summed E-state index contributed by atoms with van der Waals surface area (Å²) >= 11 is 1.51. The van der Waals surface area contributed by atoms with Gasteiger partial charge in [-0.15, -0.1) is 21.5 Å². The number of hydrogen-bond donors (Lipinski definition) is 0. The van der Waals surface area contributed by atoms with Gasteiger partial charge in [0.25, 0.3) is 5.89 Å². The maximum Gasteiger partial charge on any atom is 0.387 e. The van der Waals surface area contributed by atoms with Crippen molar-refractivity contribution < 1.29 is 17.9 Å². The van der Waals surface area contributed by atoms with Crippen LogP contribution in [0.5, 0.6) is 5.75 Å². The largest absolute Gasteiger partial charge is 0.435 e. The SMILES string of the molecule is FC(F)Oc1ccc(/C=C\c2nnc(-c3cccs3)o2)cc1. The zero-order valence-corrected chi connectivity index (χ0v) is 12.0. The highest BCUT2D eigenvalue weighted by atomic mass is 32.1. The molecule has 0 bridgehead atoms. The van der Waals surface area contributed by atoms with E-state index in [0.717, 1.165) is 10.4 Å². The smallest absolute Gasteiger partial charge is 0.387 e. The number of benzene rings is 1. The summed E-state index contributed by atoms with van der Waals surface area (Å²) in [6.45, 7) is -2.82. The summed E-state index contributed by atoms with van der Waals surface area (Å²) < 4.78 is 33.9. The number of alkyl halides is 2. The molecule has 1 aromatic carbocycles. The van der Waals surface area contributed by atoms with Crippen molar-refractivity contribution in [2.24, 2.45) is 0 Å². The molecule has 0 atom stereocenters. The first-order chi connectivity index (χ1) is 10.7. The first-order valence-corrected chi connectivity index (χ1v) is 7.19. The van der Waals surface area contributed by atoms with Gasteiger partial charge in [-0.3, -0.25) is 0 Å². The lowest BCUT2D eigenvalue weighted by Gasteiger charge is -2.03. The maximum atomic E-state index is 12.0. The van der Waals surface area contributed by atoms with E-state index in [1.165, 1.54) is 23.5 Å². The molecule has 7 heteroatoms. The molecule has 0 N–H and O–H groups in total. The van der Waals surface area contributed by atoms with E-state index in [2.05, 4.69) is 14.9 Å². The van der Waals surface area contributed by atoms with Crippen molar-refractivity contribution in [3.63, 3.8) is 0 Å². The van der Waals surface area contributed by atoms with Gasteiger partial charge in [0.05, 0.1) is 4.88 Å². The molecule has 3 rings (SSSR count). The molecular formula is C15H10F2N2O2S. The Morgan fingerprint density at radius 1 is 1.09 bits per heavy atom. The van der Waals surface area contributed by atoms with Gasteiger partial charge in [-0.1, -0.05) is 18.2 Å². The molecule has 3 aromatic rings. The highest BCUT2D eigenvalue weighted by Gasteiger charge is 2.07. The Balaban J connectivity index is 1.69. The van der Waals surface area contributed by atoms with E-state index in [1.54, 1.807) is 24.3 Å². The molecule has 0 radical (unpaired) electrons. The molecule has 4 nitrogen and oxygen atoms in total. The molecule has 2 heterocycles. The van der Waals surface area contributed by atoms with Crippen LogP contribution in [0.1, 0.15) is 11.5 Å². The Bertz CT molecular complexity index is 752. The van der Waals surface area contributed by atoms with Crippen molar-refractivity contribution >= 4 is 23.5 Å². The van der Waals surface area contributed by atoms with E-state index in [1.807, 2.05) is 17.5 Å². The van der Waals surface area contributed by atoms with Crippen LogP contribution in [-0.2, 0) is 0 Å². The molecule has 0 amide bonds. The molecule has 0 spiro atoms. The summed E-state index contributed by atoms with van der Waals surface area (Å²) in [5.41, 5.74) is 0.803. The first kappa shape index (κ1) is 14.4. The molecule has 2 aromatic heterocycles. The van der Waals surface area contributed by atoms with Gasteiger partial charge in [-0.25, -0.2) is 0 Å². The lowest BCUT2D eigenvalue weighted by atomic mass is 10.2. The number of halogens is 2. The van der Waals surface area contributed by atoms with Crippen molar-refractivity contribution in [2.45, 2.75) is 6.61 Å².